The number of anilines is 5. The number of nitrogen functional groups attached to an aromatic ring is 1. The van der Waals surface area contributed by atoms with Crippen LogP contribution in [-0.4, -0.2) is 106 Å². The normalized spacial score (nSPS) is 24.2. The maximum absolute atomic E-state index is 12.6. The summed E-state index contributed by atoms with van der Waals surface area (Å²) in [5.41, 5.74) is 14.9. The zero-order valence-corrected chi connectivity index (χ0v) is 36.6. The highest BCUT2D eigenvalue weighted by Gasteiger charge is 2.48. The second-order valence-electron chi connectivity index (χ2n) is 20.1. The number of nitrogens with one attached hydrogen (secondary N) is 1. The number of piperazine rings is 1. The van der Waals surface area contributed by atoms with Crippen molar-refractivity contribution in [2.45, 2.75) is 94.7 Å². The van der Waals surface area contributed by atoms with Crippen molar-refractivity contribution in [1.82, 2.24) is 30.0 Å². The smallest absolute Gasteiger partial charge is 0.328 e. The van der Waals surface area contributed by atoms with E-state index in [9.17, 15) is 14.7 Å². The standard InChI is InChI=1S/C50H59N11O3/c51-47-44(24-43(54-55-47)40-6-1-2-7-45(40)62)58-29-36-10-11-37(30-58)61(36)35-5-3-4-34(22-35)57-17-12-32(13-18-57)28-56-20-15-50(16-21-56)25-39(26-50)60-31-42(33-8-9-33)41-23-38(27-52-48(41)60)59-19-14-46(63)53-49(59)64/h1-7,22-24,27,31-33,36-37,39,62H,8-21,25-26,28-30H2,(H2,51,55)(H,53,63,64). The van der Waals surface area contributed by atoms with Gasteiger partial charge in [-0.05, 0) is 143 Å². The molecule has 2 bridgehead atoms. The predicted octanol–water partition coefficient (Wildman–Crippen LogP) is 7.30. The van der Waals surface area contributed by atoms with E-state index >= 15 is 0 Å². The zero-order valence-electron chi connectivity index (χ0n) is 36.6. The van der Waals surface area contributed by atoms with Gasteiger partial charge in [-0.15, -0.1) is 10.2 Å². The predicted molar refractivity (Wildman–Crippen MR) is 250 cm³/mol. The van der Waals surface area contributed by atoms with E-state index in [-0.39, 0.29) is 17.7 Å². The lowest BCUT2D eigenvalue weighted by Crippen LogP contribution is -2.54. The van der Waals surface area contributed by atoms with Crippen molar-refractivity contribution in [2.75, 3.05) is 77.7 Å². The highest BCUT2D eigenvalue weighted by molar-refractivity contribution is 6.06. The van der Waals surface area contributed by atoms with Crippen LogP contribution in [0.5, 0.6) is 5.75 Å². The number of carbonyl (C=O) groups excluding carboxylic acids is 2. The Bertz CT molecular complexity index is 2590. The number of nitrogens with two attached hydrogens (primary N) is 1. The third-order valence-corrected chi connectivity index (χ3v) is 16.1. The van der Waals surface area contributed by atoms with Gasteiger partial charge in [0.05, 0.1) is 23.3 Å². The van der Waals surface area contributed by atoms with Crippen LogP contribution in [-0.2, 0) is 4.79 Å². The van der Waals surface area contributed by atoms with Gasteiger partial charge in [-0.25, -0.2) is 9.78 Å². The third kappa shape index (κ3) is 7.18. The molecule has 5 aromatic rings. The van der Waals surface area contributed by atoms with E-state index in [0.29, 0.717) is 59.5 Å². The van der Waals surface area contributed by atoms with E-state index < -0.39 is 0 Å². The number of likely N-dealkylation sites (tertiary alicyclic amines) is 1. The van der Waals surface area contributed by atoms with E-state index in [1.54, 1.807) is 11.0 Å². The largest absolute Gasteiger partial charge is 0.507 e. The summed E-state index contributed by atoms with van der Waals surface area (Å²) >= 11 is 0. The number of para-hydroxylation sites is 1. The van der Waals surface area contributed by atoms with Crippen LogP contribution >= 0.6 is 0 Å². The number of rotatable bonds is 9. The fraction of sp³-hybridized carbons (Fsp3) is 0.500. The van der Waals surface area contributed by atoms with Gasteiger partial charge in [-0.3, -0.25) is 15.0 Å². The van der Waals surface area contributed by atoms with Crippen LogP contribution in [0.25, 0.3) is 22.3 Å². The first-order valence-electron chi connectivity index (χ1n) is 23.9. The molecule has 3 aromatic heterocycles. The van der Waals surface area contributed by atoms with Gasteiger partial charge in [0.25, 0.3) is 0 Å². The fourth-order valence-corrected chi connectivity index (χ4v) is 12.4. The maximum atomic E-state index is 12.6. The Labute approximate surface area is 374 Å². The average molecular weight is 862 g/mol. The van der Waals surface area contributed by atoms with Gasteiger partial charge in [0.1, 0.15) is 11.4 Å². The SMILES string of the molecule is Nc1nnc(-c2ccccc2O)cc1N1CC2CCC(C1)N2c1cccc(N2CCC(CN3CCC4(CC3)CC(n3cc(C5CC5)c5cc(N6CCC(=O)NC6=O)cnc53)C4)CC2)c1. The summed E-state index contributed by atoms with van der Waals surface area (Å²) in [6.07, 6.45) is 16.7. The molecule has 2 saturated carbocycles. The van der Waals surface area contributed by atoms with Crippen LogP contribution in [0.2, 0.25) is 0 Å². The van der Waals surface area contributed by atoms with E-state index in [0.717, 1.165) is 62.0 Å². The van der Waals surface area contributed by atoms with Crippen LogP contribution in [0.15, 0.2) is 73.1 Å². The van der Waals surface area contributed by atoms with Gasteiger partial charge in [0.15, 0.2) is 5.82 Å². The van der Waals surface area contributed by atoms with Crippen molar-refractivity contribution in [2.24, 2.45) is 11.3 Å². The molecule has 2 unspecified atom stereocenters. The molecule has 64 heavy (non-hydrogen) atoms. The minimum atomic E-state index is -0.354. The molecule has 332 valence electrons. The van der Waals surface area contributed by atoms with Gasteiger partial charge >= 0.3 is 6.03 Å². The number of aromatic hydroxyl groups is 1. The molecule has 2 atom stereocenters. The van der Waals surface area contributed by atoms with Gasteiger partial charge in [-0.1, -0.05) is 18.2 Å². The Morgan fingerprint density at radius 2 is 1.55 bits per heavy atom. The summed E-state index contributed by atoms with van der Waals surface area (Å²) in [6, 6.07) is 21.6. The zero-order chi connectivity index (χ0) is 43.1. The lowest BCUT2D eigenvalue weighted by Gasteiger charge is -2.53. The van der Waals surface area contributed by atoms with E-state index in [2.05, 4.69) is 76.2 Å². The molecule has 4 N–H and O–H groups in total. The lowest BCUT2D eigenvalue weighted by molar-refractivity contribution is -0.120. The fourth-order valence-electron chi connectivity index (χ4n) is 12.4. The first kappa shape index (κ1) is 39.7. The van der Waals surface area contributed by atoms with Crippen LogP contribution in [0.1, 0.15) is 88.2 Å². The van der Waals surface area contributed by atoms with Crippen molar-refractivity contribution in [3.05, 3.63) is 78.6 Å². The van der Waals surface area contributed by atoms with Gasteiger partial charge in [0, 0.05) is 92.3 Å². The summed E-state index contributed by atoms with van der Waals surface area (Å²) in [6.45, 7) is 7.98. The number of pyridine rings is 1. The molecule has 14 nitrogen and oxygen atoms in total. The number of piperidine rings is 2. The number of fused-ring (bicyclic) bond motifs is 3. The summed E-state index contributed by atoms with van der Waals surface area (Å²) in [5.74, 6) is 1.73. The van der Waals surface area contributed by atoms with Crippen molar-refractivity contribution < 1.29 is 14.7 Å². The monoisotopic (exact) mass is 861 g/mol. The summed E-state index contributed by atoms with van der Waals surface area (Å²) in [4.78, 5) is 41.4. The number of phenols is 1. The Morgan fingerprint density at radius 1 is 0.781 bits per heavy atom. The minimum Gasteiger partial charge on any atom is -0.507 e. The molecule has 5 saturated heterocycles. The first-order chi connectivity index (χ1) is 31.2. The Morgan fingerprint density at radius 3 is 2.30 bits per heavy atom. The Kier molecular flexibility index (Phi) is 9.72. The number of nitrogens with zero attached hydrogens (tertiary/aromatic N) is 9. The molecule has 8 heterocycles. The molecule has 3 amide bonds. The van der Waals surface area contributed by atoms with Crippen molar-refractivity contribution in [1.29, 1.82) is 0 Å². The molecule has 14 heteroatoms. The quantitative estimate of drug-likeness (QED) is 0.137. The minimum absolute atomic E-state index is 0.190. The first-order valence-corrected chi connectivity index (χ1v) is 23.9. The third-order valence-electron chi connectivity index (χ3n) is 16.1. The number of imide groups is 1. The highest BCUT2D eigenvalue weighted by atomic mass is 16.3. The number of hydrogen-bond acceptors (Lipinski definition) is 11. The molecule has 1 spiro atoms. The maximum Gasteiger partial charge on any atom is 0.328 e. The average Bonchev–Trinajstić information content (AvgIpc) is 4.02. The molecule has 7 aliphatic rings. The van der Waals surface area contributed by atoms with Crippen molar-refractivity contribution in [3.63, 3.8) is 0 Å². The number of urea groups is 1. The van der Waals surface area contributed by atoms with Gasteiger partial charge < -0.3 is 35.0 Å². The van der Waals surface area contributed by atoms with Crippen LogP contribution in [0, 0.1) is 11.3 Å². The molecule has 2 aromatic carbocycles. The molecule has 7 fully saturated rings. The summed E-state index contributed by atoms with van der Waals surface area (Å²) in [7, 11) is 0. The molecule has 2 aliphatic carbocycles. The second-order valence-corrected chi connectivity index (χ2v) is 20.1. The summed E-state index contributed by atoms with van der Waals surface area (Å²) in [5, 5.41) is 22.7. The lowest BCUT2D eigenvalue weighted by atomic mass is 9.60. The Hall–Kier alpha value is -5.89. The number of amides is 3. The van der Waals surface area contributed by atoms with Crippen LogP contribution in [0.4, 0.5) is 33.4 Å². The molecular formula is C50H59N11O3. The topological polar surface area (TPSA) is 152 Å². The number of carbonyl (C=O) groups is 2. The van der Waals surface area contributed by atoms with E-state index in [4.69, 9.17) is 10.7 Å². The van der Waals surface area contributed by atoms with Crippen molar-refractivity contribution in [3.8, 4) is 17.0 Å². The number of benzene rings is 2. The Balaban J connectivity index is 0.636. The van der Waals surface area contributed by atoms with E-state index in [1.165, 1.54) is 93.3 Å². The van der Waals surface area contributed by atoms with E-state index in [1.807, 2.05) is 30.5 Å². The molecule has 5 aliphatic heterocycles. The number of aromatic nitrogens is 4. The number of hydrogen-bond donors (Lipinski definition) is 3. The number of phenolic OH excluding ortho intramolecular Hbond substituents is 1. The van der Waals surface area contributed by atoms with Gasteiger partial charge in [-0.2, -0.15) is 0 Å². The molecule has 12 rings (SSSR count). The molecular weight excluding hydrogens is 803 g/mol. The van der Waals surface area contributed by atoms with Gasteiger partial charge in [0.2, 0.25) is 5.91 Å². The van der Waals surface area contributed by atoms with Crippen LogP contribution < -0.4 is 30.7 Å². The summed E-state index contributed by atoms with van der Waals surface area (Å²) < 4.78 is 2.46. The van der Waals surface area contributed by atoms with Crippen LogP contribution in [0.3, 0.4) is 0 Å². The highest BCUT2D eigenvalue weighted by Crippen LogP contribution is 2.56. The molecule has 0 radical (unpaired) electrons. The van der Waals surface area contributed by atoms with Crippen molar-refractivity contribution >= 4 is 51.5 Å². The second kappa shape index (κ2) is 15.7.